The average Bonchev–Trinajstić information content (AvgIpc) is 2.69. The number of carbonyl (C=O) groups is 1. The third-order valence-electron chi connectivity index (χ3n) is 5.03. The summed E-state index contributed by atoms with van der Waals surface area (Å²) in [6.45, 7) is 9.87. The third-order valence-corrected chi connectivity index (χ3v) is 5.03. The van der Waals surface area contributed by atoms with Gasteiger partial charge in [-0.1, -0.05) is 12.1 Å². The summed E-state index contributed by atoms with van der Waals surface area (Å²) in [5.74, 6) is 0.726. The minimum atomic E-state index is -0.539. The summed E-state index contributed by atoms with van der Waals surface area (Å²) in [5, 5.41) is 0. The quantitative estimate of drug-likeness (QED) is 0.797. The van der Waals surface area contributed by atoms with Gasteiger partial charge in [-0.05, 0) is 45.7 Å². The number of hydrogen-bond donors (Lipinski definition) is 0. The Morgan fingerprint density at radius 2 is 1.84 bits per heavy atom. The number of anilines is 1. The van der Waals surface area contributed by atoms with E-state index in [-0.39, 0.29) is 6.09 Å². The van der Waals surface area contributed by atoms with E-state index in [1.165, 1.54) is 0 Å². The smallest absolute Gasteiger partial charge is 0.421 e. The molecule has 3 fully saturated rings. The van der Waals surface area contributed by atoms with Gasteiger partial charge in [-0.15, -0.1) is 0 Å². The van der Waals surface area contributed by atoms with E-state index in [9.17, 15) is 4.79 Å². The maximum atomic E-state index is 13.0. The number of fused-ring (bicyclic) bond motifs is 5. The van der Waals surface area contributed by atoms with E-state index in [4.69, 9.17) is 9.72 Å². The molecular formula is C19H26N4O2. The van der Waals surface area contributed by atoms with Crippen LogP contribution in [0.5, 0.6) is 0 Å². The molecule has 2 bridgehead atoms. The van der Waals surface area contributed by atoms with Crippen LogP contribution in [-0.2, 0) is 4.74 Å². The SMILES string of the molecule is CC(C)(C)OC(=O)n1c(N2CCN3CCC2CC3)nc2ccccc21. The summed E-state index contributed by atoms with van der Waals surface area (Å²) in [5.41, 5.74) is 1.11. The Kier molecular flexibility index (Phi) is 3.95. The number of para-hydroxylation sites is 2. The van der Waals surface area contributed by atoms with Crippen LogP contribution in [0.15, 0.2) is 24.3 Å². The fourth-order valence-electron chi connectivity index (χ4n) is 3.84. The van der Waals surface area contributed by atoms with Crippen molar-refractivity contribution in [2.24, 2.45) is 0 Å². The summed E-state index contributed by atoms with van der Waals surface area (Å²) in [6, 6.07) is 8.23. The van der Waals surface area contributed by atoms with Crippen LogP contribution in [0, 0.1) is 0 Å². The van der Waals surface area contributed by atoms with E-state index >= 15 is 0 Å². The van der Waals surface area contributed by atoms with Crippen molar-refractivity contribution >= 4 is 23.1 Å². The van der Waals surface area contributed by atoms with Crippen molar-refractivity contribution in [3.8, 4) is 0 Å². The molecule has 0 N–H and O–H groups in total. The van der Waals surface area contributed by atoms with E-state index in [2.05, 4.69) is 9.80 Å². The molecule has 0 unspecified atom stereocenters. The van der Waals surface area contributed by atoms with Gasteiger partial charge in [0.05, 0.1) is 11.0 Å². The van der Waals surface area contributed by atoms with Gasteiger partial charge < -0.3 is 14.5 Å². The Bertz CT molecular complexity index is 784. The molecule has 0 atom stereocenters. The van der Waals surface area contributed by atoms with Crippen molar-refractivity contribution in [1.29, 1.82) is 0 Å². The lowest BCUT2D eigenvalue weighted by Crippen LogP contribution is -2.40. The summed E-state index contributed by atoms with van der Waals surface area (Å²) >= 11 is 0. The van der Waals surface area contributed by atoms with Gasteiger partial charge in [-0.25, -0.2) is 14.3 Å². The van der Waals surface area contributed by atoms with Gasteiger partial charge in [-0.3, -0.25) is 0 Å². The zero-order chi connectivity index (χ0) is 17.6. The summed E-state index contributed by atoms with van der Waals surface area (Å²) in [4.78, 5) is 22.6. The van der Waals surface area contributed by atoms with Crippen LogP contribution in [0.1, 0.15) is 33.6 Å². The van der Waals surface area contributed by atoms with Crippen molar-refractivity contribution in [1.82, 2.24) is 14.5 Å². The predicted molar refractivity (Wildman–Crippen MR) is 98.2 cm³/mol. The lowest BCUT2D eigenvalue weighted by Gasteiger charge is -2.32. The zero-order valence-electron chi connectivity index (χ0n) is 15.2. The zero-order valence-corrected chi connectivity index (χ0v) is 15.2. The minimum absolute atomic E-state index is 0.352. The molecule has 25 heavy (non-hydrogen) atoms. The Morgan fingerprint density at radius 1 is 1.12 bits per heavy atom. The van der Waals surface area contributed by atoms with Crippen LogP contribution < -0.4 is 4.90 Å². The second-order valence-electron chi connectivity index (χ2n) is 7.98. The van der Waals surface area contributed by atoms with E-state index in [1.807, 2.05) is 45.0 Å². The molecule has 4 heterocycles. The monoisotopic (exact) mass is 342 g/mol. The minimum Gasteiger partial charge on any atom is -0.443 e. The number of aromatic nitrogens is 2. The largest absolute Gasteiger partial charge is 0.443 e. The molecule has 5 rings (SSSR count). The van der Waals surface area contributed by atoms with E-state index in [0.29, 0.717) is 6.04 Å². The maximum absolute atomic E-state index is 13.0. The molecular weight excluding hydrogens is 316 g/mol. The second-order valence-corrected chi connectivity index (χ2v) is 7.98. The van der Waals surface area contributed by atoms with E-state index < -0.39 is 5.60 Å². The predicted octanol–water partition coefficient (Wildman–Crippen LogP) is 3.10. The Hall–Kier alpha value is -2.08. The number of ether oxygens (including phenoxy) is 1. The average molecular weight is 342 g/mol. The fraction of sp³-hybridized carbons (Fsp3) is 0.579. The first-order chi connectivity index (χ1) is 11.9. The molecule has 1 aromatic carbocycles. The van der Waals surface area contributed by atoms with Crippen molar-refractivity contribution in [2.45, 2.75) is 45.3 Å². The van der Waals surface area contributed by atoms with Gasteiger partial charge in [-0.2, -0.15) is 0 Å². The molecule has 6 nitrogen and oxygen atoms in total. The van der Waals surface area contributed by atoms with Crippen LogP contribution in [0.2, 0.25) is 0 Å². The first-order valence-electron chi connectivity index (χ1n) is 9.12. The second kappa shape index (κ2) is 6.02. The summed E-state index contributed by atoms with van der Waals surface area (Å²) in [6.07, 6.45) is 1.89. The molecule has 3 aliphatic heterocycles. The van der Waals surface area contributed by atoms with Crippen molar-refractivity contribution in [3.63, 3.8) is 0 Å². The highest BCUT2D eigenvalue weighted by Gasteiger charge is 2.34. The molecule has 0 saturated carbocycles. The number of nitrogens with zero attached hydrogens (tertiary/aromatic N) is 4. The molecule has 3 aliphatic rings. The fourth-order valence-corrected chi connectivity index (χ4v) is 3.84. The van der Waals surface area contributed by atoms with Crippen LogP contribution >= 0.6 is 0 Å². The normalized spacial score (nSPS) is 23.7. The van der Waals surface area contributed by atoms with Gasteiger partial charge in [0, 0.05) is 32.2 Å². The van der Waals surface area contributed by atoms with Crippen LogP contribution in [0.4, 0.5) is 10.7 Å². The van der Waals surface area contributed by atoms with Crippen LogP contribution in [0.3, 0.4) is 0 Å². The number of hydrogen-bond acceptors (Lipinski definition) is 5. The van der Waals surface area contributed by atoms with Gasteiger partial charge in [0.1, 0.15) is 5.60 Å². The first kappa shape index (κ1) is 16.4. The molecule has 0 spiro atoms. The maximum Gasteiger partial charge on any atom is 0.421 e. The number of imidazole rings is 1. The molecule has 0 amide bonds. The van der Waals surface area contributed by atoms with Crippen molar-refractivity contribution in [2.75, 3.05) is 31.1 Å². The molecule has 2 aromatic rings. The Morgan fingerprint density at radius 3 is 2.56 bits per heavy atom. The lowest BCUT2D eigenvalue weighted by molar-refractivity contribution is 0.0545. The Labute approximate surface area is 148 Å². The molecule has 0 aliphatic carbocycles. The van der Waals surface area contributed by atoms with Gasteiger partial charge >= 0.3 is 6.09 Å². The molecule has 1 aromatic heterocycles. The topological polar surface area (TPSA) is 50.6 Å². The van der Waals surface area contributed by atoms with Gasteiger partial charge in [0.2, 0.25) is 5.95 Å². The first-order valence-corrected chi connectivity index (χ1v) is 9.12. The van der Waals surface area contributed by atoms with E-state index in [0.717, 1.165) is 56.0 Å². The van der Waals surface area contributed by atoms with Crippen molar-refractivity contribution in [3.05, 3.63) is 24.3 Å². The van der Waals surface area contributed by atoms with Gasteiger partial charge in [0.15, 0.2) is 0 Å². The van der Waals surface area contributed by atoms with Gasteiger partial charge in [0.25, 0.3) is 0 Å². The number of carbonyl (C=O) groups excluding carboxylic acids is 1. The highest BCUT2D eigenvalue weighted by atomic mass is 16.6. The highest BCUT2D eigenvalue weighted by Crippen LogP contribution is 2.30. The summed E-state index contributed by atoms with van der Waals surface area (Å²) in [7, 11) is 0. The van der Waals surface area contributed by atoms with Crippen molar-refractivity contribution < 1.29 is 9.53 Å². The number of rotatable bonds is 1. The molecule has 134 valence electrons. The highest BCUT2D eigenvalue weighted by molar-refractivity contribution is 5.91. The summed E-state index contributed by atoms with van der Waals surface area (Å²) < 4.78 is 7.34. The van der Waals surface area contributed by atoms with Crippen LogP contribution in [0.25, 0.3) is 11.0 Å². The number of piperidine rings is 1. The molecule has 0 radical (unpaired) electrons. The van der Waals surface area contributed by atoms with Crippen LogP contribution in [-0.4, -0.2) is 58.4 Å². The molecule has 6 heteroatoms. The lowest BCUT2D eigenvalue weighted by atomic mass is 10.1. The molecule has 3 saturated heterocycles. The standard InChI is InChI=1S/C19H26N4O2/c1-19(2,3)25-18(24)23-16-7-5-4-6-15(16)20-17(23)22-13-12-21-10-8-14(22)9-11-21/h4-7,14H,8-13H2,1-3H3. The Balaban J connectivity index is 1.80. The van der Waals surface area contributed by atoms with E-state index in [1.54, 1.807) is 4.57 Å². The third kappa shape index (κ3) is 3.11. The number of benzene rings is 1.